The van der Waals surface area contributed by atoms with E-state index in [9.17, 15) is 5.11 Å². The molecule has 0 radical (unpaired) electrons. The average molecular weight is 230 g/mol. The maximum Gasteiger partial charge on any atom is 0.332 e. The lowest BCUT2D eigenvalue weighted by molar-refractivity contribution is -0.391. The molecule has 1 aromatic rings. The van der Waals surface area contributed by atoms with E-state index in [2.05, 4.69) is 6.08 Å². The second-order valence-corrected chi connectivity index (χ2v) is 3.71. The van der Waals surface area contributed by atoms with Crippen molar-refractivity contribution >= 4 is 24.4 Å². The van der Waals surface area contributed by atoms with Gasteiger partial charge in [0.25, 0.3) is 6.29 Å². The van der Waals surface area contributed by atoms with Gasteiger partial charge in [0.1, 0.15) is 0 Å². The van der Waals surface area contributed by atoms with Crippen LogP contribution in [0.1, 0.15) is 18.9 Å². The van der Waals surface area contributed by atoms with Crippen molar-refractivity contribution in [1.82, 2.24) is 0 Å². The molecule has 0 heterocycles. The number of ether oxygens (including phenoxy) is 1. The lowest BCUT2D eigenvalue weighted by Gasteiger charge is -2.09. The van der Waals surface area contributed by atoms with Gasteiger partial charge in [-0.1, -0.05) is 18.2 Å². The Balaban J connectivity index is 2.56. The van der Waals surface area contributed by atoms with E-state index in [0.717, 1.165) is 23.0 Å². The maximum absolute atomic E-state index is 11.4. The van der Waals surface area contributed by atoms with E-state index < -0.39 is 0 Å². The minimum absolute atomic E-state index is 0.323. The van der Waals surface area contributed by atoms with E-state index in [1.807, 2.05) is 25.1 Å². The molecule has 0 amide bonds. The van der Waals surface area contributed by atoms with Crippen molar-refractivity contribution in [2.75, 3.05) is 7.11 Å². The van der Waals surface area contributed by atoms with Gasteiger partial charge < -0.3 is 9.84 Å². The number of fused-ring (bicyclic) bond motifs is 1. The first kappa shape index (κ1) is 11.5. The fraction of sp³-hybridized carbons (Fsp3) is 0.214. The quantitative estimate of drug-likeness (QED) is 0.532. The molecule has 1 aliphatic rings. The summed E-state index contributed by atoms with van der Waals surface area (Å²) in [5, 5.41) is 13.1. The Morgan fingerprint density at radius 2 is 2.29 bits per heavy atom. The van der Waals surface area contributed by atoms with E-state index in [1.54, 1.807) is 12.4 Å². The monoisotopic (exact) mass is 230 g/mol. The number of hydrogen-bond acceptors (Lipinski definition) is 2. The summed E-state index contributed by atoms with van der Waals surface area (Å²) < 4.78 is 10.0. The number of carbonyl (C=O) groups excluding carboxylic acids is 1. The Bertz CT molecular complexity index is 594. The van der Waals surface area contributed by atoms with Gasteiger partial charge >= 0.3 is 5.76 Å². The van der Waals surface area contributed by atoms with Crippen molar-refractivity contribution in [3.63, 3.8) is 0 Å². The molecular weight excluding hydrogens is 216 g/mol. The maximum atomic E-state index is 11.4. The van der Waals surface area contributed by atoms with Crippen molar-refractivity contribution < 1.29 is 14.3 Å². The Hall–Kier alpha value is -2.03. The number of rotatable bonds is 2. The molecule has 0 fully saturated rings. The van der Waals surface area contributed by atoms with Gasteiger partial charge in [0.15, 0.2) is 0 Å². The number of allylic oxidation sites excluding steroid dienone is 1. The average Bonchev–Trinajstić information content (AvgIpc) is 2.37. The zero-order chi connectivity index (χ0) is 12.3. The van der Waals surface area contributed by atoms with Crippen LogP contribution in [0, 0.1) is 0 Å². The summed E-state index contributed by atoms with van der Waals surface area (Å²) in [7, 11) is 1.38. The number of hydrogen-bond donors (Lipinski definition) is 0. The second-order valence-electron chi connectivity index (χ2n) is 3.71. The Morgan fingerprint density at radius 3 is 3.00 bits per heavy atom. The summed E-state index contributed by atoms with van der Waals surface area (Å²) in [6.45, 7) is 1.83. The van der Waals surface area contributed by atoms with Gasteiger partial charge in [-0.3, -0.25) is 0 Å². The third kappa shape index (κ3) is 2.38. The lowest BCUT2D eigenvalue weighted by Crippen LogP contribution is -2.21. The molecule has 0 bridgehead atoms. The molecule has 17 heavy (non-hydrogen) atoms. The summed E-state index contributed by atoms with van der Waals surface area (Å²) in [5.41, 5.74) is 0.982. The van der Waals surface area contributed by atoms with Crippen molar-refractivity contribution in [2.24, 2.45) is 0 Å². The Morgan fingerprint density at radius 1 is 1.47 bits per heavy atom. The first-order valence-corrected chi connectivity index (χ1v) is 5.45. The van der Waals surface area contributed by atoms with Crippen LogP contribution in [-0.2, 0) is 9.16 Å². The van der Waals surface area contributed by atoms with Crippen LogP contribution in [0.15, 0.2) is 24.0 Å². The molecule has 0 aromatic heterocycles. The summed E-state index contributed by atoms with van der Waals surface area (Å²) in [6.07, 6.45) is 6.45. The third-order valence-corrected chi connectivity index (χ3v) is 2.62. The molecule has 2 rings (SSSR count). The van der Waals surface area contributed by atoms with Crippen LogP contribution in [0.4, 0.5) is 0 Å². The standard InChI is InChI=1S/C14H14O3/c1-3-17-13-7-6-10-4-5-11(14(15)16-2)8-12(10)9-13/h3-6,8-9H,7H2,1-2H3. The van der Waals surface area contributed by atoms with Gasteiger partial charge in [0.05, 0.1) is 12.4 Å². The SMILES string of the molecule is CC=[O+]C1=Cc2cc(=C([O-])OC)ccc2=CC1. The van der Waals surface area contributed by atoms with Gasteiger partial charge in [-0.05, 0) is 29.2 Å². The van der Waals surface area contributed by atoms with E-state index in [0.29, 0.717) is 5.22 Å². The molecule has 3 nitrogen and oxygen atoms in total. The molecular formula is C14H14O3. The summed E-state index contributed by atoms with van der Waals surface area (Å²) >= 11 is 0. The first-order chi connectivity index (χ1) is 8.24. The van der Waals surface area contributed by atoms with Crippen LogP contribution in [0.5, 0.6) is 0 Å². The largest absolute Gasteiger partial charge is 0.616 e. The van der Waals surface area contributed by atoms with Gasteiger partial charge in [0, 0.05) is 13.0 Å². The lowest BCUT2D eigenvalue weighted by atomic mass is 10.0. The predicted octanol–water partition coefficient (Wildman–Crippen LogP) is 0.0386. The zero-order valence-corrected chi connectivity index (χ0v) is 9.90. The topological polar surface area (TPSA) is 43.6 Å². The van der Waals surface area contributed by atoms with E-state index in [-0.39, 0.29) is 5.95 Å². The smallest absolute Gasteiger partial charge is 0.332 e. The van der Waals surface area contributed by atoms with Crippen molar-refractivity contribution in [1.29, 1.82) is 0 Å². The van der Waals surface area contributed by atoms with Gasteiger partial charge in [-0.15, -0.1) is 0 Å². The fourth-order valence-electron chi connectivity index (χ4n) is 1.81. The molecule has 0 spiro atoms. The van der Waals surface area contributed by atoms with E-state index in [1.165, 1.54) is 7.11 Å². The predicted molar refractivity (Wildman–Crippen MR) is 64.9 cm³/mol. The third-order valence-electron chi connectivity index (χ3n) is 2.62. The minimum atomic E-state index is -0.323. The zero-order valence-electron chi connectivity index (χ0n) is 9.90. The molecule has 1 aromatic carbocycles. The highest BCUT2D eigenvalue weighted by atomic mass is 16.6. The molecule has 0 atom stereocenters. The second kappa shape index (κ2) is 4.87. The summed E-state index contributed by atoms with van der Waals surface area (Å²) in [5.74, 6) is 0.554. The van der Waals surface area contributed by atoms with Gasteiger partial charge in [-0.25, -0.2) is 4.42 Å². The van der Waals surface area contributed by atoms with Gasteiger partial charge in [-0.2, -0.15) is 0 Å². The van der Waals surface area contributed by atoms with Crippen LogP contribution < -0.4 is 15.5 Å². The van der Waals surface area contributed by atoms with E-state index >= 15 is 0 Å². The highest BCUT2D eigenvalue weighted by Gasteiger charge is 2.10. The van der Waals surface area contributed by atoms with Crippen LogP contribution in [-0.4, -0.2) is 13.4 Å². The van der Waals surface area contributed by atoms with Gasteiger partial charge in [0.2, 0.25) is 0 Å². The molecule has 3 heteroatoms. The first-order valence-electron chi connectivity index (χ1n) is 5.45. The van der Waals surface area contributed by atoms with Crippen molar-refractivity contribution in [3.05, 3.63) is 40.0 Å². The minimum Gasteiger partial charge on any atom is -0.616 e. The fourth-order valence-corrected chi connectivity index (χ4v) is 1.81. The summed E-state index contributed by atoms with van der Waals surface area (Å²) in [4.78, 5) is 0. The van der Waals surface area contributed by atoms with Crippen LogP contribution in [0.2, 0.25) is 0 Å². The van der Waals surface area contributed by atoms with E-state index in [4.69, 9.17) is 9.16 Å². The number of methoxy groups -OCH3 is 1. The molecule has 88 valence electrons. The Kier molecular flexibility index (Phi) is 3.28. The molecule has 0 saturated carbocycles. The van der Waals surface area contributed by atoms with Crippen LogP contribution in [0.3, 0.4) is 0 Å². The number of benzene rings is 1. The number of aldehydes is 1. The molecule has 0 unspecified atom stereocenters. The summed E-state index contributed by atoms with van der Waals surface area (Å²) in [6, 6.07) is 5.51. The highest BCUT2D eigenvalue weighted by molar-refractivity contribution is 5.60. The van der Waals surface area contributed by atoms with Crippen LogP contribution >= 0.6 is 0 Å². The highest BCUT2D eigenvalue weighted by Crippen LogP contribution is 2.10. The molecule has 0 N–H and O–H groups in total. The molecule has 0 saturated heterocycles. The van der Waals surface area contributed by atoms with Crippen LogP contribution in [0.25, 0.3) is 18.1 Å². The molecule has 0 aliphatic heterocycles. The molecule has 1 aliphatic carbocycles. The Labute approximate surface area is 99.7 Å². The van der Waals surface area contributed by atoms with Crippen molar-refractivity contribution in [2.45, 2.75) is 13.3 Å². The van der Waals surface area contributed by atoms with Crippen molar-refractivity contribution in [3.8, 4) is 0 Å². The normalized spacial score (nSPS) is 16.0.